The van der Waals surface area contributed by atoms with Crippen molar-refractivity contribution in [3.63, 3.8) is 0 Å². The molecule has 0 heterocycles. The van der Waals surface area contributed by atoms with Crippen molar-refractivity contribution in [3.05, 3.63) is 35.5 Å². The van der Waals surface area contributed by atoms with Crippen LogP contribution in [-0.4, -0.2) is 31.0 Å². The summed E-state index contributed by atoms with van der Waals surface area (Å²) in [5.41, 5.74) is 1.63. The lowest BCUT2D eigenvalue weighted by Gasteiger charge is -2.16. The van der Waals surface area contributed by atoms with Gasteiger partial charge in [-0.2, -0.15) is 5.26 Å². The minimum Gasteiger partial charge on any atom is -0.495 e. The molecule has 1 aromatic rings. The van der Waals surface area contributed by atoms with Gasteiger partial charge in [0.2, 0.25) is 0 Å². The molecule has 112 valence electrons. The molecule has 0 aromatic heterocycles. The first-order valence-electron chi connectivity index (χ1n) is 6.87. The minimum absolute atomic E-state index is 0.0715. The summed E-state index contributed by atoms with van der Waals surface area (Å²) in [5.74, 6) is 0.127. The molecule has 1 rings (SSSR count). The summed E-state index contributed by atoms with van der Waals surface area (Å²) in [6, 6.07) is 7.43. The normalized spacial score (nSPS) is 10.7. The van der Waals surface area contributed by atoms with Crippen LogP contribution in [0.25, 0.3) is 0 Å². The van der Waals surface area contributed by atoms with Gasteiger partial charge in [-0.15, -0.1) is 0 Å². The zero-order valence-corrected chi connectivity index (χ0v) is 12.9. The number of hydrogen-bond donors (Lipinski definition) is 1. The lowest BCUT2D eigenvalue weighted by Crippen LogP contribution is -2.21. The van der Waals surface area contributed by atoms with Crippen LogP contribution in [0.15, 0.2) is 30.0 Å². The Morgan fingerprint density at radius 2 is 2.10 bits per heavy atom. The second-order valence-electron chi connectivity index (χ2n) is 4.53. The van der Waals surface area contributed by atoms with Crippen molar-refractivity contribution in [2.24, 2.45) is 0 Å². The first-order chi connectivity index (χ1) is 10.0. The van der Waals surface area contributed by atoms with E-state index in [9.17, 15) is 4.79 Å². The van der Waals surface area contributed by atoms with Gasteiger partial charge in [0.1, 0.15) is 17.4 Å². The largest absolute Gasteiger partial charge is 0.495 e. The van der Waals surface area contributed by atoms with Gasteiger partial charge in [0.25, 0.3) is 5.91 Å². The monoisotopic (exact) mass is 287 g/mol. The minimum atomic E-state index is -0.437. The molecule has 0 spiro atoms. The Morgan fingerprint density at radius 1 is 1.43 bits per heavy atom. The lowest BCUT2D eigenvalue weighted by molar-refractivity contribution is -0.112. The molecule has 1 amide bonds. The van der Waals surface area contributed by atoms with Crippen molar-refractivity contribution in [2.75, 3.05) is 25.5 Å². The van der Waals surface area contributed by atoms with Gasteiger partial charge in [-0.3, -0.25) is 4.79 Å². The van der Waals surface area contributed by atoms with Gasteiger partial charge >= 0.3 is 0 Å². The quantitative estimate of drug-likeness (QED) is 0.645. The Kier molecular flexibility index (Phi) is 6.28. The Balaban J connectivity index is 2.99. The summed E-state index contributed by atoms with van der Waals surface area (Å²) >= 11 is 0. The average molecular weight is 287 g/mol. The first-order valence-corrected chi connectivity index (χ1v) is 6.87. The van der Waals surface area contributed by atoms with Gasteiger partial charge in [-0.05, 0) is 38.5 Å². The van der Waals surface area contributed by atoms with Gasteiger partial charge in [0.05, 0.1) is 12.8 Å². The molecular weight excluding hydrogens is 266 g/mol. The number of nitriles is 1. The highest BCUT2D eigenvalue weighted by Crippen LogP contribution is 2.25. The number of carbonyl (C=O) groups excluding carboxylic acids is 1. The van der Waals surface area contributed by atoms with Crippen LogP contribution in [0.1, 0.15) is 19.4 Å². The van der Waals surface area contributed by atoms with Crippen molar-refractivity contribution >= 4 is 11.6 Å². The molecule has 0 unspecified atom stereocenters. The van der Waals surface area contributed by atoms with Crippen molar-refractivity contribution in [3.8, 4) is 11.8 Å². The molecule has 0 fully saturated rings. The highest BCUT2D eigenvalue weighted by molar-refractivity contribution is 6.07. The molecule has 0 aliphatic rings. The van der Waals surface area contributed by atoms with E-state index in [0.29, 0.717) is 11.4 Å². The molecule has 0 saturated heterocycles. The zero-order chi connectivity index (χ0) is 15.8. The van der Waals surface area contributed by atoms with Gasteiger partial charge in [-0.1, -0.05) is 6.07 Å². The predicted octanol–water partition coefficient (Wildman–Crippen LogP) is 2.69. The number of benzene rings is 1. The molecule has 0 atom stereocenters. The SMILES string of the molecule is CCN(/C=C(/C#N)C(=O)Nc1cc(C)ccc1OC)CC. The number of rotatable bonds is 6. The molecule has 0 radical (unpaired) electrons. The summed E-state index contributed by atoms with van der Waals surface area (Å²) in [6.45, 7) is 7.34. The predicted molar refractivity (Wildman–Crippen MR) is 83.0 cm³/mol. The third-order valence-electron chi connectivity index (χ3n) is 3.09. The number of nitrogens with zero attached hydrogens (tertiary/aromatic N) is 2. The van der Waals surface area contributed by atoms with E-state index >= 15 is 0 Å². The van der Waals surface area contributed by atoms with Crippen LogP contribution < -0.4 is 10.1 Å². The van der Waals surface area contributed by atoms with Crippen LogP contribution in [-0.2, 0) is 4.79 Å². The molecule has 5 heteroatoms. The second-order valence-corrected chi connectivity index (χ2v) is 4.53. The van der Waals surface area contributed by atoms with E-state index in [1.807, 2.05) is 43.9 Å². The Hall–Kier alpha value is -2.48. The topological polar surface area (TPSA) is 65.4 Å². The summed E-state index contributed by atoms with van der Waals surface area (Å²) in [6.07, 6.45) is 1.58. The number of amides is 1. The Morgan fingerprint density at radius 3 is 2.62 bits per heavy atom. The van der Waals surface area contributed by atoms with Crippen LogP contribution in [0.5, 0.6) is 5.75 Å². The highest BCUT2D eigenvalue weighted by Gasteiger charge is 2.13. The van der Waals surface area contributed by atoms with E-state index in [4.69, 9.17) is 10.00 Å². The summed E-state index contributed by atoms with van der Waals surface area (Å²) in [4.78, 5) is 14.1. The number of anilines is 1. The standard InChI is InChI=1S/C16H21N3O2/c1-5-19(6-2)11-13(10-17)16(20)18-14-9-12(3)7-8-15(14)21-4/h7-9,11H,5-6H2,1-4H3,(H,18,20)/b13-11-. The zero-order valence-electron chi connectivity index (χ0n) is 12.9. The fourth-order valence-electron chi connectivity index (χ4n) is 1.84. The molecule has 1 aromatic carbocycles. The summed E-state index contributed by atoms with van der Waals surface area (Å²) in [7, 11) is 1.54. The first kappa shape index (κ1) is 16.6. The molecular formula is C16H21N3O2. The van der Waals surface area contributed by atoms with Crippen molar-refractivity contribution in [1.82, 2.24) is 4.90 Å². The smallest absolute Gasteiger partial charge is 0.267 e. The Bertz CT molecular complexity index is 569. The van der Waals surface area contributed by atoms with Crippen molar-refractivity contribution in [1.29, 1.82) is 5.26 Å². The lowest BCUT2D eigenvalue weighted by atomic mass is 10.2. The maximum absolute atomic E-state index is 12.2. The number of methoxy groups -OCH3 is 1. The van der Waals surface area contributed by atoms with Crippen LogP contribution in [0.2, 0.25) is 0 Å². The number of carbonyl (C=O) groups is 1. The molecule has 21 heavy (non-hydrogen) atoms. The van der Waals surface area contributed by atoms with Crippen LogP contribution in [0, 0.1) is 18.3 Å². The van der Waals surface area contributed by atoms with Crippen LogP contribution in [0.4, 0.5) is 5.69 Å². The molecule has 0 saturated carbocycles. The number of ether oxygens (including phenoxy) is 1. The van der Waals surface area contributed by atoms with E-state index in [0.717, 1.165) is 18.7 Å². The average Bonchev–Trinajstić information content (AvgIpc) is 2.48. The molecule has 5 nitrogen and oxygen atoms in total. The maximum Gasteiger partial charge on any atom is 0.267 e. The number of hydrogen-bond acceptors (Lipinski definition) is 4. The third kappa shape index (κ3) is 4.53. The fourth-order valence-corrected chi connectivity index (χ4v) is 1.84. The van der Waals surface area contributed by atoms with E-state index in [2.05, 4.69) is 5.32 Å². The van der Waals surface area contributed by atoms with Gasteiger partial charge in [0, 0.05) is 19.3 Å². The van der Waals surface area contributed by atoms with E-state index < -0.39 is 5.91 Å². The van der Waals surface area contributed by atoms with Gasteiger partial charge in [-0.25, -0.2) is 0 Å². The Labute approximate surface area is 125 Å². The number of aryl methyl sites for hydroxylation is 1. The van der Waals surface area contributed by atoms with Crippen molar-refractivity contribution in [2.45, 2.75) is 20.8 Å². The van der Waals surface area contributed by atoms with E-state index in [1.165, 1.54) is 7.11 Å². The molecule has 0 aliphatic heterocycles. The maximum atomic E-state index is 12.2. The van der Waals surface area contributed by atoms with Crippen LogP contribution in [0.3, 0.4) is 0 Å². The summed E-state index contributed by atoms with van der Waals surface area (Å²) < 4.78 is 5.21. The van der Waals surface area contributed by atoms with Crippen LogP contribution >= 0.6 is 0 Å². The summed E-state index contributed by atoms with van der Waals surface area (Å²) in [5, 5.41) is 11.9. The van der Waals surface area contributed by atoms with Crippen molar-refractivity contribution < 1.29 is 9.53 Å². The highest BCUT2D eigenvalue weighted by atomic mass is 16.5. The van der Waals surface area contributed by atoms with Gasteiger partial charge in [0.15, 0.2) is 0 Å². The molecule has 0 bridgehead atoms. The second kappa shape index (κ2) is 7.95. The van der Waals surface area contributed by atoms with Gasteiger partial charge < -0.3 is 15.0 Å². The number of nitrogens with one attached hydrogen (secondary N) is 1. The fraction of sp³-hybridized carbons (Fsp3) is 0.375. The third-order valence-corrected chi connectivity index (χ3v) is 3.09. The van der Waals surface area contributed by atoms with E-state index in [-0.39, 0.29) is 5.57 Å². The van der Waals surface area contributed by atoms with E-state index in [1.54, 1.807) is 12.3 Å². The molecule has 1 N–H and O–H groups in total. The molecule has 0 aliphatic carbocycles.